The highest BCUT2D eigenvalue weighted by atomic mass is 79.9. The van der Waals surface area contributed by atoms with Crippen molar-refractivity contribution in [3.8, 4) is 0 Å². The predicted octanol–water partition coefficient (Wildman–Crippen LogP) is 3.74. The lowest BCUT2D eigenvalue weighted by Crippen LogP contribution is -1.95. The number of hydrogen-bond acceptors (Lipinski definition) is 3. The van der Waals surface area contributed by atoms with E-state index in [4.69, 9.17) is 0 Å². The van der Waals surface area contributed by atoms with Crippen molar-refractivity contribution < 1.29 is 0 Å². The molecule has 1 aromatic rings. The molecule has 13 heavy (non-hydrogen) atoms. The average Bonchev–Trinajstić information content (AvgIpc) is 2.43. The van der Waals surface area contributed by atoms with Crippen LogP contribution in [0.25, 0.3) is 0 Å². The Balaban J connectivity index is 2.06. The van der Waals surface area contributed by atoms with Gasteiger partial charge in [0.2, 0.25) is 4.73 Å². The molecular weight excluding hydrogens is 248 g/mol. The smallest absolute Gasteiger partial charge is 0.209 e. The Labute approximate surface area is 91.1 Å². The van der Waals surface area contributed by atoms with Crippen LogP contribution in [0.5, 0.6) is 0 Å². The van der Waals surface area contributed by atoms with Gasteiger partial charge < -0.3 is 0 Å². The van der Waals surface area contributed by atoms with E-state index in [0.717, 1.165) is 4.73 Å². The van der Waals surface area contributed by atoms with Gasteiger partial charge in [-0.05, 0) is 40.3 Å². The minimum atomic E-state index is 0.686. The van der Waals surface area contributed by atoms with E-state index in [1.165, 1.54) is 43.5 Å². The summed E-state index contributed by atoms with van der Waals surface area (Å²) in [4.78, 5) is 4.40. The molecule has 0 saturated heterocycles. The SMILES string of the molecule is Brc1nsc(C2CCCCCC2)n1. The number of aromatic nitrogens is 2. The maximum atomic E-state index is 4.40. The van der Waals surface area contributed by atoms with Crippen LogP contribution in [0, 0.1) is 0 Å². The zero-order chi connectivity index (χ0) is 9.10. The van der Waals surface area contributed by atoms with E-state index in [9.17, 15) is 0 Å². The first-order chi connectivity index (χ1) is 6.36. The maximum Gasteiger partial charge on any atom is 0.209 e. The van der Waals surface area contributed by atoms with Crippen LogP contribution in [-0.2, 0) is 0 Å². The van der Waals surface area contributed by atoms with Crippen molar-refractivity contribution in [2.45, 2.75) is 44.4 Å². The van der Waals surface area contributed by atoms with Gasteiger partial charge >= 0.3 is 0 Å². The van der Waals surface area contributed by atoms with Gasteiger partial charge in [0, 0.05) is 5.92 Å². The van der Waals surface area contributed by atoms with Crippen molar-refractivity contribution in [1.29, 1.82) is 0 Å². The maximum absolute atomic E-state index is 4.40. The van der Waals surface area contributed by atoms with Crippen LogP contribution in [0.2, 0.25) is 0 Å². The minimum Gasteiger partial charge on any atom is -0.214 e. The summed E-state index contributed by atoms with van der Waals surface area (Å²) in [5.41, 5.74) is 0. The molecule has 2 rings (SSSR count). The summed E-state index contributed by atoms with van der Waals surface area (Å²) in [7, 11) is 0. The quantitative estimate of drug-likeness (QED) is 0.720. The van der Waals surface area contributed by atoms with Gasteiger partial charge in [0.15, 0.2) is 0 Å². The number of hydrogen-bond donors (Lipinski definition) is 0. The lowest BCUT2D eigenvalue weighted by molar-refractivity contribution is 0.588. The summed E-state index contributed by atoms with van der Waals surface area (Å²) in [6.45, 7) is 0. The molecule has 4 heteroatoms. The molecule has 0 aliphatic heterocycles. The molecule has 0 amide bonds. The molecule has 1 aliphatic carbocycles. The first kappa shape index (κ1) is 9.59. The van der Waals surface area contributed by atoms with Gasteiger partial charge in [-0.15, -0.1) is 0 Å². The second-order valence-electron chi connectivity index (χ2n) is 3.59. The monoisotopic (exact) mass is 260 g/mol. The van der Waals surface area contributed by atoms with E-state index in [-0.39, 0.29) is 0 Å². The Hall–Kier alpha value is 0.0400. The Morgan fingerprint density at radius 2 is 1.85 bits per heavy atom. The van der Waals surface area contributed by atoms with Gasteiger partial charge in [0.05, 0.1) is 0 Å². The minimum absolute atomic E-state index is 0.686. The van der Waals surface area contributed by atoms with Crippen molar-refractivity contribution >= 4 is 27.5 Å². The van der Waals surface area contributed by atoms with Gasteiger partial charge in [-0.25, -0.2) is 4.98 Å². The highest BCUT2D eigenvalue weighted by Gasteiger charge is 2.17. The summed E-state index contributed by atoms with van der Waals surface area (Å²) in [6.07, 6.45) is 8.14. The number of nitrogens with zero attached hydrogens (tertiary/aromatic N) is 2. The summed E-state index contributed by atoms with van der Waals surface area (Å²) < 4.78 is 4.93. The lowest BCUT2D eigenvalue weighted by Gasteiger charge is -2.08. The molecule has 1 saturated carbocycles. The summed E-state index contributed by atoms with van der Waals surface area (Å²) >= 11 is 4.86. The first-order valence-corrected chi connectivity index (χ1v) is 6.42. The third kappa shape index (κ3) is 2.50. The summed E-state index contributed by atoms with van der Waals surface area (Å²) in [5.74, 6) is 0.686. The van der Waals surface area contributed by atoms with Crippen molar-refractivity contribution in [2.75, 3.05) is 0 Å². The van der Waals surface area contributed by atoms with E-state index in [0.29, 0.717) is 5.92 Å². The molecule has 1 heterocycles. The van der Waals surface area contributed by atoms with Crippen LogP contribution in [-0.4, -0.2) is 9.36 Å². The van der Waals surface area contributed by atoms with Crippen molar-refractivity contribution in [2.24, 2.45) is 0 Å². The second kappa shape index (κ2) is 4.51. The van der Waals surface area contributed by atoms with Crippen LogP contribution in [0.3, 0.4) is 0 Å². The molecule has 1 fully saturated rings. The molecule has 0 atom stereocenters. The fourth-order valence-electron chi connectivity index (χ4n) is 1.91. The Morgan fingerprint density at radius 3 is 2.38 bits per heavy atom. The Kier molecular flexibility index (Phi) is 3.33. The lowest BCUT2D eigenvalue weighted by atomic mass is 10.0. The van der Waals surface area contributed by atoms with Crippen LogP contribution >= 0.6 is 27.5 Å². The molecular formula is C9H13BrN2S. The molecule has 0 aromatic carbocycles. The van der Waals surface area contributed by atoms with E-state index in [1.807, 2.05) is 0 Å². The van der Waals surface area contributed by atoms with E-state index < -0.39 is 0 Å². The zero-order valence-electron chi connectivity index (χ0n) is 7.50. The van der Waals surface area contributed by atoms with Crippen molar-refractivity contribution in [3.63, 3.8) is 0 Å². The van der Waals surface area contributed by atoms with Crippen molar-refractivity contribution in [3.05, 3.63) is 9.74 Å². The van der Waals surface area contributed by atoms with Crippen LogP contribution < -0.4 is 0 Å². The van der Waals surface area contributed by atoms with Gasteiger partial charge in [-0.2, -0.15) is 4.37 Å². The predicted molar refractivity (Wildman–Crippen MR) is 58.1 cm³/mol. The molecule has 0 unspecified atom stereocenters. The summed E-state index contributed by atoms with van der Waals surface area (Å²) in [5, 5.41) is 1.23. The number of halogens is 1. The van der Waals surface area contributed by atoms with E-state index in [2.05, 4.69) is 25.3 Å². The largest absolute Gasteiger partial charge is 0.214 e. The normalized spacial score (nSPS) is 20.1. The third-order valence-electron chi connectivity index (χ3n) is 2.62. The highest BCUT2D eigenvalue weighted by Crippen LogP contribution is 2.32. The molecule has 0 radical (unpaired) electrons. The molecule has 1 aliphatic rings. The molecule has 0 N–H and O–H groups in total. The zero-order valence-corrected chi connectivity index (χ0v) is 9.90. The van der Waals surface area contributed by atoms with Crippen LogP contribution in [0.15, 0.2) is 4.73 Å². The second-order valence-corrected chi connectivity index (χ2v) is 5.08. The summed E-state index contributed by atoms with van der Waals surface area (Å²) in [6, 6.07) is 0. The van der Waals surface area contributed by atoms with E-state index >= 15 is 0 Å². The highest BCUT2D eigenvalue weighted by molar-refractivity contribution is 9.10. The Bertz CT molecular complexity index is 266. The molecule has 1 aromatic heterocycles. The molecule has 0 bridgehead atoms. The standard InChI is InChI=1S/C9H13BrN2S/c10-9-11-8(13-12-9)7-5-3-1-2-4-6-7/h7H,1-6H2. The molecule has 72 valence electrons. The topological polar surface area (TPSA) is 25.8 Å². The van der Waals surface area contributed by atoms with Crippen LogP contribution in [0.4, 0.5) is 0 Å². The Morgan fingerprint density at radius 1 is 1.15 bits per heavy atom. The molecule has 0 spiro atoms. The van der Waals surface area contributed by atoms with Gasteiger partial charge in [-0.1, -0.05) is 25.7 Å². The molecule has 2 nitrogen and oxygen atoms in total. The van der Waals surface area contributed by atoms with Gasteiger partial charge in [0.1, 0.15) is 5.01 Å². The van der Waals surface area contributed by atoms with E-state index in [1.54, 1.807) is 11.5 Å². The van der Waals surface area contributed by atoms with Crippen molar-refractivity contribution in [1.82, 2.24) is 9.36 Å². The third-order valence-corrected chi connectivity index (χ3v) is 4.09. The van der Waals surface area contributed by atoms with Gasteiger partial charge in [-0.3, -0.25) is 0 Å². The van der Waals surface area contributed by atoms with Crippen LogP contribution in [0.1, 0.15) is 49.5 Å². The average molecular weight is 261 g/mol. The van der Waals surface area contributed by atoms with Gasteiger partial charge in [0.25, 0.3) is 0 Å². The number of rotatable bonds is 1. The fraction of sp³-hybridized carbons (Fsp3) is 0.778. The fourth-order valence-corrected chi connectivity index (χ4v) is 3.16. The first-order valence-electron chi connectivity index (χ1n) is 4.85.